The number of nitrogens with one attached hydrogen (secondary N) is 1. The lowest BCUT2D eigenvalue weighted by Gasteiger charge is -2.26. The number of hydrogen-bond donors (Lipinski definition) is 1. The van der Waals surface area contributed by atoms with Crippen LogP contribution in [0.15, 0.2) is 22.8 Å². The monoisotopic (exact) mass is 310 g/mol. The van der Waals surface area contributed by atoms with E-state index in [0.29, 0.717) is 11.6 Å². The minimum atomic E-state index is -0.0827. The first kappa shape index (κ1) is 13.5. The highest BCUT2D eigenvalue weighted by Crippen LogP contribution is 2.28. The number of carbonyl (C=O) groups excluding carboxylic acids is 1. The number of nitrogens with zero attached hydrogens (tertiary/aromatic N) is 1. The summed E-state index contributed by atoms with van der Waals surface area (Å²) >= 11 is 3.35. The zero-order chi connectivity index (χ0) is 13.0. The number of amides is 1. The number of hydrogen-bond acceptors (Lipinski definition) is 2. The summed E-state index contributed by atoms with van der Waals surface area (Å²) < 4.78 is 0.750. The molecule has 3 nitrogen and oxygen atoms in total. The summed E-state index contributed by atoms with van der Waals surface area (Å²) in [5.41, 5.74) is 0.473. The summed E-state index contributed by atoms with van der Waals surface area (Å²) in [5, 5.41) is 3.00. The molecule has 1 aromatic rings. The van der Waals surface area contributed by atoms with Crippen LogP contribution in [0.5, 0.6) is 0 Å². The molecule has 4 heteroatoms. The molecular weight excluding hydrogens is 292 g/mol. The molecule has 1 N–H and O–H groups in total. The Morgan fingerprint density at radius 2 is 2.39 bits per heavy atom. The minimum Gasteiger partial charge on any atom is -0.350 e. The fourth-order valence-electron chi connectivity index (χ4n) is 2.62. The minimum absolute atomic E-state index is 0.0827. The highest BCUT2D eigenvalue weighted by Gasteiger charge is 2.20. The zero-order valence-electron chi connectivity index (χ0n) is 10.7. The van der Waals surface area contributed by atoms with Gasteiger partial charge in [0.2, 0.25) is 0 Å². The Morgan fingerprint density at radius 3 is 3.11 bits per heavy atom. The van der Waals surface area contributed by atoms with Crippen LogP contribution >= 0.6 is 15.9 Å². The van der Waals surface area contributed by atoms with Gasteiger partial charge in [0.1, 0.15) is 5.69 Å². The average Bonchev–Trinajstić information content (AvgIpc) is 2.37. The predicted molar refractivity (Wildman–Crippen MR) is 75.4 cm³/mol. The van der Waals surface area contributed by atoms with E-state index in [0.717, 1.165) is 16.9 Å². The number of aromatic nitrogens is 1. The van der Waals surface area contributed by atoms with Gasteiger partial charge in [-0.15, -0.1) is 0 Å². The van der Waals surface area contributed by atoms with Gasteiger partial charge in [-0.1, -0.05) is 19.8 Å². The van der Waals surface area contributed by atoms with E-state index in [1.807, 2.05) is 12.1 Å². The first-order chi connectivity index (χ1) is 8.66. The van der Waals surface area contributed by atoms with Crippen LogP contribution in [0.1, 0.15) is 43.1 Å². The van der Waals surface area contributed by atoms with Crippen molar-refractivity contribution in [1.29, 1.82) is 0 Å². The van der Waals surface area contributed by atoms with E-state index >= 15 is 0 Å². The second-order valence-corrected chi connectivity index (χ2v) is 6.04. The van der Waals surface area contributed by atoms with Gasteiger partial charge in [0.25, 0.3) is 5.91 Å². The predicted octanol–water partition coefficient (Wildman–Crippen LogP) is 3.40. The van der Waals surface area contributed by atoms with Crippen molar-refractivity contribution < 1.29 is 4.79 Å². The summed E-state index contributed by atoms with van der Waals surface area (Å²) in [6, 6.07) is 3.65. The van der Waals surface area contributed by atoms with Crippen LogP contribution in [0.2, 0.25) is 0 Å². The van der Waals surface area contributed by atoms with E-state index in [-0.39, 0.29) is 5.91 Å². The third kappa shape index (κ3) is 3.55. The highest BCUT2D eigenvalue weighted by atomic mass is 79.9. The van der Waals surface area contributed by atoms with E-state index in [1.54, 1.807) is 6.20 Å². The molecule has 1 aliphatic carbocycles. The molecule has 0 saturated heterocycles. The van der Waals surface area contributed by atoms with Crippen LogP contribution in [-0.4, -0.2) is 17.4 Å². The first-order valence-corrected chi connectivity index (χ1v) is 7.35. The van der Waals surface area contributed by atoms with Gasteiger partial charge < -0.3 is 5.32 Å². The normalized spacial score (nSPS) is 23.7. The van der Waals surface area contributed by atoms with Crippen molar-refractivity contribution in [1.82, 2.24) is 10.3 Å². The molecule has 0 spiro atoms. The quantitative estimate of drug-likeness (QED) is 0.929. The van der Waals surface area contributed by atoms with Crippen LogP contribution < -0.4 is 5.32 Å². The van der Waals surface area contributed by atoms with Crippen LogP contribution in [0.4, 0.5) is 0 Å². The largest absolute Gasteiger partial charge is 0.350 e. The SMILES string of the molecule is CC1CCCC(CNC(=O)c2ncccc2Br)C1. The molecule has 1 aromatic heterocycles. The van der Waals surface area contributed by atoms with Gasteiger partial charge in [0, 0.05) is 17.2 Å². The first-order valence-electron chi connectivity index (χ1n) is 6.55. The van der Waals surface area contributed by atoms with Gasteiger partial charge in [-0.3, -0.25) is 4.79 Å². The third-order valence-corrected chi connectivity index (χ3v) is 4.21. The average molecular weight is 311 g/mol. The molecule has 0 aliphatic heterocycles. The van der Waals surface area contributed by atoms with E-state index in [2.05, 4.69) is 33.2 Å². The lowest BCUT2D eigenvalue weighted by molar-refractivity contribution is 0.0935. The van der Waals surface area contributed by atoms with Crippen molar-refractivity contribution in [3.8, 4) is 0 Å². The molecule has 2 rings (SSSR count). The molecule has 1 heterocycles. The summed E-state index contributed by atoms with van der Waals surface area (Å²) in [5.74, 6) is 1.34. The standard InChI is InChI=1S/C14H19BrN2O/c1-10-4-2-5-11(8-10)9-17-14(18)13-12(15)6-3-7-16-13/h3,6-7,10-11H,2,4-5,8-9H2,1H3,(H,17,18). The van der Waals surface area contributed by atoms with Crippen molar-refractivity contribution in [2.24, 2.45) is 11.8 Å². The second kappa shape index (κ2) is 6.32. The molecule has 2 unspecified atom stereocenters. The molecule has 18 heavy (non-hydrogen) atoms. The van der Waals surface area contributed by atoms with Gasteiger partial charge in [0.05, 0.1) is 0 Å². The summed E-state index contributed by atoms with van der Waals surface area (Å²) in [4.78, 5) is 16.1. The topological polar surface area (TPSA) is 42.0 Å². The lowest BCUT2D eigenvalue weighted by atomic mass is 9.82. The number of carbonyl (C=O) groups is 1. The molecule has 1 fully saturated rings. The molecule has 0 radical (unpaired) electrons. The summed E-state index contributed by atoms with van der Waals surface area (Å²) in [6.45, 7) is 3.06. The molecule has 0 bridgehead atoms. The molecule has 98 valence electrons. The smallest absolute Gasteiger partial charge is 0.271 e. The van der Waals surface area contributed by atoms with E-state index in [4.69, 9.17) is 0 Å². The third-order valence-electron chi connectivity index (χ3n) is 3.57. The van der Waals surface area contributed by atoms with Crippen molar-refractivity contribution in [2.45, 2.75) is 32.6 Å². The molecular formula is C14H19BrN2O. The Balaban J connectivity index is 1.87. The van der Waals surface area contributed by atoms with E-state index < -0.39 is 0 Å². The highest BCUT2D eigenvalue weighted by molar-refractivity contribution is 9.10. The Kier molecular flexibility index (Phi) is 4.75. The van der Waals surface area contributed by atoms with Crippen molar-refractivity contribution in [2.75, 3.05) is 6.54 Å². The summed E-state index contributed by atoms with van der Waals surface area (Å²) in [6.07, 6.45) is 6.71. The van der Waals surface area contributed by atoms with Crippen LogP contribution in [0.25, 0.3) is 0 Å². The molecule has 1 saturated carbocycles. The Morgan fingerprint density at radius 1 is 1.56 bits per heavy atom. The van der Waals surface area contributed by atoms with Crippen LogP contribution in [0.3, 0.4) is 0 Å². The maximum absolute atomic E-state index is 12.0. The van der Waals surface area contributed by atoms with Gasteiger partial charge >= 0.3 is 0 Å². The molecule has 0 aromatic carbocycles. The Bertz CT molecular complexity index is 422. The van der Waals surface area contributed by atoms with E-state index in [1.165, 1.54) is 25.7 Å². The fourth-order valence-corrected chi connectivity index (χ4v) is 3.05. The second-order valence-electron chi connectivity index (χ2n) is 5.18. The van der Waals surface area contributed by atoms with Crippen molar-refractivity contribution in [3.05, 3.63) is 28.5 Å². The van der Waals surface area contributed by atoms with Crippen molar-refractivity contribution >= 4 is 21.8 Å². The van der Waals surface area contributed by atoms with Crippen LogP contribution in [-0.2, 0) is 0 Å². The Labute approximate surface area is 117 Å². The summed E-state index contributed by atoms with van der Waals surface area (Å²) in [7, 11) is 0. The molecule has 1 aliphatic rings. The fraction of sp³-hybridized carbons (Fsp3) is 0.571. The lowest BCUT2D eigenvalue weighted by Crippen LogP contribution is -2.32. The molecule has 2 atom stereocenters. The van der Waals surface area contributed by atoms with Gasteiger partial charge in [-0.05, 0) is 52.7 Å². The van der Waals surface area contributed by atoms with Gasteiger partial charge in [-0.2, -0.15) is 0 Å². The zero-order valence-corrected chi connectivity index (χ0v) is 12.2. The number of pyridine rings is 1. The Hall–Kier alpha value is -0.900. The van der Waals surface area contributed by atoms with Gasteiger partial charge in [0.15, 0.2) is 0 Å². The van der Waals surface area contributed by atoms with Gasteiger partial charge in [-0.25, -0.2) is 4.98 Å². The maximum atomic E-state index is 12.0. The molecule has 1 amide bonds. The maximum Gasteiger partial charge on any atom is 0.271 e. The van der Waals surface area contributed by atoms with Crippen molar-refractivity contribution in [3.63, 3.8) is 0 Å². The number of halogens is 1. The number of rotatable bonds is 3. The van der Waals surface area contributed by atoms with Crippen LogP contribution in [0, 0.1) is 11.8 Å². The van der Waals surface area contributed by atoms with E-state index in [9.17, 15) is 4.79 Å².